The van der Waals surface area contributed by atoms with Crippen LogP contribution in [0.25, 0.3) is 0 Å². The highest BCUT2D eigenvalue weighted by atomic mass is 16.5. The zero-order valence-corrected chi connectivity index (χ0v) is 9.66. The first kappa shape index (κ1) is 12.0. The van der Waals surface area contributed by atoms with E-state index < -0.39 is 5.97 Å². The van der Waals surface area contributed by atoms with Crippen molar-refractivity contribution in [1.82, 2.24) is 20.3 Å². The SMILES string of the molecule is COC(=O)c1ccc(NCCc2ncno2)nn1. The summed E-state index contributed by atoms with van der Waals surface area (Å²) < 4.78 is 9.36. The van der Waals surface area contributed by atoms with Gasteiger partial charge in [0, 0.05) is 13.0 Å². The second kappa shape index (κ2) is 5.71. The van der Waals surface area contributed by atoms with Crippen molar-refractivity contribution >= 4 is 11.8 Å². The second-order valence-corrected chi connectivity index (χ2v) is 3.31. The first-order valence-corrected chi connectivity index (χ1v) is 5.21. The van der Waals surface area contributed by atoms with Crippen molar-refractivity contribution in [3.8, 4) is 0 Å². The van der Waals surface area contributed by atoms with Gasteiger partial charge in [-0.3, -0.25) is 0 Å². The molecule has 18 heavy (non-hydrogen) atoms. The van der Waals surface area contributed by atoms with Crippen molar-refractivity contribution in [2.45, 2.75) is 6.42 Å². The van der Waals surface area contributed by atoms with Gasteiger partial charge in [-0.1, -0.05) is 5.16 Å². The van der Waals surface area contributed by atoms with Gasteiger partial charge in [0.15, 0.2) is 12.0 Å². The summed E-state index contributed by atoms with van der Waals surface area (Å²) in [5.41, 5.74) is 0.167. The number of nitrogens with one attached hydrogen (secondary N) is 1. The molecule has 0 aromatic carbocycles. The minimum atomic E-state index is -0.514. The molecule has 0 aliphatic carbocycles. The van der Waals surface area contributed by atoms with Crippen LogP contribution < -0.4 is 5.32 Å². The lowest BCUT2D eigenvalue weighted by atomic mass is 10.3. The van der Waals surface area contributed by atoms with Gasteiger partial charge >= 0.3 is 5.97 Å². The normalized spacial score (nSPS) is 10.1. The molecule has 0 amide bonds. The van der Waals surface area contributed by atoms with Crippen molar-refractivity contribution in [1.29, 1.82) is 0 Å². The summed E-state index contributed by atoms with van der Waals surface area (Å²) in [5, 5.41) is 14.1. The molecule has 0 aliphatic rings. The standard InChI is InChI=1S/C10H11N5O3/c1-17-10(16)7-2-3-8(15-14-7)11-5-4-9-12-6-13-18-9/h2-3,6H,4-5H2,1H3,(H,11,15). The van der Waals surface area contributed by atoms with Gasteiger partial charge in [0.25, 0.3) is 0 Å². The van der Waals surface area contributed by atoms with Gasteiger partial charge in [0.1, 0.15) is 5.82 Å². The van der Waals surface area contributed by atoms with E-state index in [1.165, 1.54) is 19.5 Å². The number of ether oxygens (including phenoxy) is 1. The van der Waals surface area contributed by atoms with Gasteiger partial charge in [-0.2, -0.15) is 4.98 Å². The third-order valence-corrected chi connectivity index (χ3v) is 2.11. The van der Waals surface area contributed by atoms with Gasteiger partial charge in [0.05, 0.1) is 7.11 Å². The van der Waals surface area contributed by atoms with Crippen molar-refractivity contribution in [3.05, 3.63) is 30.0 Å². The Hall–Kier alpha value is -2.51. The van der Waals surface area contributed by atoms with Gasteiger partial charge in [-0.25, -0.2) is 4.79 Å². The van der Waals surface area contributed by atoms with Crippen LogP contribution in [-0.2, 0) is 11.2 Å². The van der Waals surface area contributed by atoms with Crippen molar-refractivity contribution in [3.63, 3.8) is 0 Å². The summed E-state index contributed by atoms with van der Waals surface area (Å²) in [6, 6.07) is 3.18. The molecule has 2 heterocycles. The Bertz CT molecular complexity index is 497. The number of carbonyl (C=O) groups is 1. The molecule has 2 aromatic heterocycles. The molecule has 0 saturated heterocycles. The topological polar surface area (TPSA) is 103 Å². The molecule has 1 N–H and O–H groups in total. The average molecular weight is 249 g/mol. The quantitative estimate of drug-likeness (QED) is 0.754. The van der Waals surface area contributed by atoms with Crippen LogP contribution in [0.5, 0.6) is 0 Å². The van der Waals surface area contributed by atoms with Crippen LogP contribution in [0.2, 0.25) is 0 Å². The molecule has 0 radical (unpaired) electrons. The van der Waals surface area contributed by atoms with E-state index in [2.05, 4.69) is 30.4 Å². The first-order valence-electron chi connectivity index (χ1n) is 5.21. The number of carbonyl (C=O) groups excluding carboxylic acids is 1. The maximum absolute atomic E-state index is 11.1. The Morgan fingerprint density at radius 3 is 2.94 bits per heavy atom. The Labute approximate surface area is 102 Å². The minimum absolute atomic E-state index is 0.167. The summed E-state index contributed by atoms with van der Waals surface area (Å²) in [7, 11) is 1.29. The number of hydrogen-bond acceptors (Lipinski definition) is 8. The van der Waals surface area contributed by atoms with E-state index in [0.717, 1.165) is 0 Å². The lowest BCUT2D eigenvalue weighted by Gasteiger charge is -2.03. The number of esters is 1. The van der Waals surface area contributed by atoms with Crippen LogP contribution in [0.15, 0.2) is 23.0 Å². The third-order valence-electron chi connectivity index (χ3n) is 2.11. The summed E-state index contributed by atoms with van der Waals surface area (Å²) in [4.78, 5) is 15.0. The maximum Gasteiger partial charge on any atom is 0.358 e. The van der Waals surface area contributed by atoms with Crippen LogP contribution in [0, 0.1) is 0 Å². The van der Waals surface area contributed by atoms with Crippen molar-refractivity contribution < 1.29 is 14.1 Å². The average Bonchev–Trinajstić information content (AvgIpc) is 2.92. The van der Waals surface area contributed by atoms with Crippen LogP contribution in [-0.4, -0.2) is 40.0 Å². The van der Waals surface area contributed by atoms with Crippen molar-refractivity contribution in [2.75, 3.05) is 19.0 Å². The number of methoxy groups -OCH3 is 1. The lowest BCUT2D eigenvalue weighted by molar-refractivity contribution is 0.0593. The highest BCUT2D eigenvalue weighted by Crippen LogP contribution is 2.03. The monoisotopic (exact) mass is 249 g/mol. The highest BCUT2D eigenvalue weighted by molar-refractivity contribution is 5.86. The number of anilines is 1. The van der Waals surface area contributed by atoms with E-state index in [4.69, 9.17) is 4.52 Å². The van der Waals surface area contributed by atoms with Gasteiger partial charge in [-0.15, -0.1) is 10.2 Å². The predicted molar refractivity (Wildman–Crippen MR) is 59.9 cm³/mol. The molecule has 2 aromatic rings. The summed E-state index contributed by atoms with van der Waals surface area (Å²) >= 11 is 0. The Morgan fingerprint density at radius 1 is 1.44 bits per heavy atom. The zero-order valence-electron chi connectivity index (χ0n) is 9.66. The van der Waals surface area contributed by atoms with Crippen LogP contribution in [0.3, 0.4) is 0 Å². The summed E-state index contributed by atoms with van der Waals surface area (Å²) in [6.45, 7) is 0.578. The lowest BCUT2D eigenvalue weighted by Crippen LogP contribution is -2.10. The zero-order chi connectivity index (χ0) is 12.8. The minimum Gasteiger partial charge on any atom is -0.464 e. The molecule has 0 aliphatic heterocycles. The Morgan fingerprint density at radius 2 is 2.33 bits per heavy atom. The van der Waals surface area contributed by atoms with Crippen LogP contribution in [0.4, 0.5) is 5.82 Å². The fourth-order valence-corrected chi connectivity index (χ4v) is 1.24. The Kier molecular flexibility index (Phi) is 3.79. The van der Waals surface area contributed by atoms with Crippen LogP contribution in [0.1, 0.15) is 16.4 Å². The van der Waals surface area contributed by atoms with Crippen LogP contribution >= 0.6 is 0 Å². The number of nitrogens with zero attached hydrogens (tertiary/aromatic N) is 4. The van der Waals surface area contributed by atoms with Gasteiger partial charge < -0.3 is 14.6 Å². The molecule has 94 valence electrons. The molecule has 0 bridgehead atoms. The molecule has 8 nitrogen and oxygen atoms in total. The van der Waals surface area contributed by atoms with Gasteiger partial charge in [0.2, 0.25) is 5.89 Å². The number of hydrogen-bond donors (Lipinski definition) is 1. The molecule has 0 fully saturated rings. The van der Waals surface area contributed by atoms with E-state index in [-0.39, 0.29) is 5.69 Å². The van der Waals surface area contributed by atoms with E-state index in [0.29, 0.717) is 24.7 Å². The molecular formula is C10H11N5O3. The molecular weight excluding hydrogens is 238 g/mol. The van der Waals surface area contributed by atoms with Gasteiger partial charge in [-0.05, 0) is 12.1 Å². The molecule has 0 unspecified atom stereocenters. The highest BCUT2D eigenvalue weighted by Gasteiger charge is 2.07. The largest absolute Gasteiger partial charge is 0.464 e. The predicted octanol–water partition coefficient (Wildman–Crippen LogP) is 0.301. The molecule has 0 spiro atoms. The maximum atomic E-state index is 11.1. The fraction of sp³-hybridized carbons (Fsp3) is 0.300. The Balaban J connectivity index is 1.85. The van der Waals surface area contributed by atoms with E-state index in [1.54, 1.807) is 6.07 Å². The molecule has 0 atom stereocenters. The first-order chi connectivity index (χ1) is 8.79. The fourth-order valence-electron chi connectivity index (χ4n) is 1.24. The van der Waals surface area contributed by atoms with E-state index in [9.17, 15) is 4.79 Å². The van der Waals surface area contributed by atoms with E-state index >= 15 is 0 Å². The molecule has 8 heteroatoms. The number of aromatic nitrogens is 4. The number of rotatable bonds is 5. The van der Waals surface area contributed by atoms with E-state index in [1.807, 2.05) is 0 Å². The summed E-state index contributed by atoms with van der Waals surface area (Å²) in [6.07, 6.45) is 1.93. The second-order valence-electron chi connectivity index (χ2n) is 3.31. The van der Waals surface area contributed by atoms with Crippen molar-refractivity contribution in [2.24, 2.45) is 0 Å². The molecule has 2 rings (SSSR count). The summed E-state index contributed by atoms with van der Waals surface area (Å²) in [5.74, 6) is 0.587. The molecule has 0 saturated carbocycles. The smallest absolute Gasteiger partial charge is 0.358 e. The third kappa shape index (κ3) is 3.00.